The van der Waals surface area contributed by atoms with Crippen LogP contribution in [0.3, 0.4) is 0 Å². The van der Waals surface area contributed by atoms with Crippen LogP contribution >= 0.6 is 0 Å². The summed E-state index contributed by atoms with van der Waals surface area (Å²) in [6.45, 7) is 4.20. The summed E-state index contributed by atoms with van der Waals surface area (Å²) >= 11 is 0. The minimum Gasteiger partial charge on any atom is -0.497 e. The summed E-state index contributed by atoms with van der Waals surface area (Å²) in [6, 6.07) is 10.8. The molecule has 0 saturated heterocycles. The second kappa shape index (κ2) is 7.70. The summed E-state index contributed by atoms with van der Waals surface area (Å²) in [4.78, 5) is 18.2. The molecule has 0 aliphatic rings. The summed E-state index contributed by atoms with van der Waals surface area (Å²) in [5.41, 5.74) is 1.14. The van der Waals surface area contributed by atoms with E-state index in [-0.39, 0.29) is 5.56 Å². The molecular weight excluding hydrogens is 344 g/mol. The van der Waals surface area contributed by atoms with Crippen molar-refractivity contribution in [3.63, 3.8) is 0 Å². The van der Waals surface area contributed by atoms with E-state index in [0.717, 1.165) is 11.4 Å². The van der Waals surface area contributed by atoms with Gasteiger partial charge in [-0.05, 0) is 30.2 Å². The van der Waals surface area contributed by atoms with Gasteiger partial charge in [0.05, 0.1) is 32.5 Å². The second-order valence-electron chi connectivity index (χ2n) is 6.69. The summed E-state index contributed by atoms with van der Waals surface area (Å²) in [5.74, 6) is 2.81. The Hall–Kier alpha value is -3.02. The molecule has 6 heteroatoms. The molecule has 0 aliphatic heterocycles. The van der Waals surface area contributed by atoms with Crippen LogP contribution in [-0.2, 0) is 6.42 Å². The van der Waals surface area contributed by atoms with Crippen LogP contribution in [0.15, 0.2) is 41.2 Å². The number of fused-ring (bicyclic) bond motifs is 1. The zero-order valence-electron chi connectivity index (χ0n) is 16.3. The molecule has 1 aromatic heterocycles. The fourth-order valence-corrected chi connectivity index (χ4v) is 3.08. The summed E-state index contributed by atoms with van der Waals surface area (Å²) in [5, 5.41) is 0.432. The standard InChI is InChI=1S/C21H24N2O4/c1-13(2)10-19-22-17-11-16(26-4)12-18(27-5)20(17)21(24)23(19)14-6-8-15(25-3)9-7-14/h6-9,11-13H,10H2,1-5H3. The van der Waals surface area contributed by atoms with Crippen molar-refractivity contribution < 1.29 is 14.2 Å². The Labute approximate surface area is 158 Å². The Morgan fingerprint density at radius 3 is 2.19 bits per heavy atom. The molecule has 0 N–H and O–H groups in total. The van der Waals surface area contributed by atoms with E-state index in [0.29, 0.717) is 40.6 Å². The first-order chi connectivity index (χ1) is 13.0. The first-order valence-corrected chi connectivity index (χ1v) is 8.80. The molecule has 1 heterocycles. The lowest BCUT2D eigenvalue weighted by molar-refractivity contribution is 0.397. The third-order valence-electron chi connectivity index (χ3n) is 4.36. The molecule has 0 aliphatic carbocycles. The maximum Gasteiger partial charge on any atom is 0.269 e. The van der Waals surface area contributed by atoms with E-state index in [1.54, 1.807) is 30.9 Å². The van der Waals surface area contributed by atoms with Crippen LogP contribution in [0.4, 0.5) is 0 Å². The Bertz CT molecular complexity index is 1010. The van der Waals surface area contributed by atoms with Crippen molar-refractivity contribution in [3.05, 3.63) is 52.6 Å². The predicted octanol–water partition coefficient (Wildman–Crippen LogP) is 3.61. The van der Waals surface area contributed by atoms with Crippen LogP contribution in [-0.4, -0.2) is 30.9 Å². The van der Waals surface area contributed by atoms with Crippen molar-refractivity contribution in [2.45, 2.75) is 20.3 Å². The molecule has 0 spiro atoms. The van der Waals surface area contributed by atoms with Crippen molar-refractivity contribution in [1.29, 1.82) is 0 Å². The minimum absolute atomic E-state index is 0.166. The van der Waals surface area contributed by atoms with Crippen LogP contribution in [0.2, 0.25) is 0 Å². The molecule has 2 aromatic carbocycles. The molecular formula is C21H24N2O4. The monoisotopic (exact) mass is 368 g/mol. The van der Waals surface area contributed by atoms with Crippen LogP contribution < -0.4 is 19.8 Å². The van der Waals surface area contributed by atoms with Gasteiger partial charge in [-0.2, -0.15) is 0 Å². The second-order valence-corrected chi connectivity index (χ2v) is 6.69. The first-order valence-electron chi connectivity index (χ1n) is 8.80. The Kier molecular flexibility index (Phi) is 5.35. The van der Waals surface area contributed by atoms with Crippen LogP contribution in [0.25, 0.3) is 16.6 Å². The number of methoxy groups -OCH3 is 3. The van der Waals surface area contributed by atoms with E-state index in [2.05, 4.69) is 13.8 Å². The minimum atomic E-state index is -0.166. The molecule has 0 saturated carbocycles. The van der Waals surface area contributed by atoms with Crippen LogP contribution in [0, 0.1) is 5.92 Å². The summed E-state index contributed by atoms with van der Waals surface area (Å²) in [6.07, 6.45) is 0.663. The summed E-state index contributed by atoms with van der Waals surface area (Å²) in [7, 11) is 4.73. The third-order valence-corrected chi connectivity index (χ3v) is 4.36. The highest BCUT2D eigenvalue weighted by Gasteiger charge is 2.18. The first kappa shape index (κ1) is 18.8. The molecule has 3 rings (SSSR count). The van der Waals surface area contributed by atoms with E-state index in [4.69, 9.17) is 19.2 Å². The van der Waals surface area contributed by atoms with E-state index in [1.165, 1.54) is 7.11 Å². The maximum atomic E-state index is 13.4. The molecule has 0 bridgehead atoms. The highest BCUT2D eigenvalue weighted by molar-refractivity contribution is 5.86. The topological polar surface area (TPSA) is 62.6 Å². The molecule has 3 aromatic rings. The van der Waals surface area contributed by atoms with Crippen molar-refractivity contribution in [2.24, 2.45) is 5.92 Å². The van der Waals surface area contributed by atoms with Gasteiger partial charge >= 0.3 is 0 Å². The molecule has 6 nitrogen and oxygen atoms in total. The van der Waals surface area contributed by atoms with E-state index in [9.17, 15) is 4.79 Å². The molecule has 0 atom stereocenters. The van der Waals surface area contributed by atoms with Crippen LogP contribution in [0.1, 0.15) is 19.7 Å². The molecule has 0 unspecified atom stereocenters. The number of aromatic nitrogens is 2. The fraction of sp³-hybridized carbons (Fsp3) is 0.333. The number of rotatable bonds is 6. The van der Waals surface area contributed by atoms with E-state index in [1.807, 2.05) is 24.3 Å². The molecule has 142 valence electrons. The molecule has 0 radical (unpaired) electrons. The van der Waals surface area contributed by atoms with E-state index < -0.39 is 0 Å². The largest absolute Gasteiger partial charge is 0.497 e. The zero-order chi connectivity index (χ0) is 19.6. The zero-order valence-corrected chi connectivity index (χ0v) is 16.3. The van der Waals surface area contributed by atoms with Gasteiger partial charge in [-0.1, -0.05) is 13.8 Å². The summed E-state index contributed by atoms with van der Waals surface area (Å²) < 4.78 is 17.6. The number of hydrogen-bond acceptors (Lipinski definition) is 5. The smallest absolute Gasteiger partial charge is 0.269 e. The average Bonchev–Trinajstić information content (AvgIpc) is 2.66. The average molecular weight is 368 g/mol. The van der Waals surface area contributed by atoms with Crippen molar-refractivity contribution in [3.8, 4) is 22.9 Å². The van der Waals surface area contributed by atoms with Gasteiger partial charge in [-0.25, -0.2) is 4.98 Å². The van der Waals surface area contributed by atoms with Crippen molar-refractivity contribution in [2.75, 3.05) is 21.3 Å². The fourth-order valence-electron chi connectivity index (χ4n) is 3.08. The number of ether oxygens (including phenoxy) is 3. The molecule has 27 heavy (non-hydrogen) atoms. The van der Waals surface area contributed by atoms with Gasteiger partial charge in [0.1, 0.15) is 28.5 Å². The number of benzene rings is 2. The highest BCUT2D eigenvalue weighted by Crippen LogP contribution is 2.29. The normalized spacial score (nSPS) is 11.0. The lowest BCUT2D eigenvalue weighted by Gasteiger charge is -2.17. The number of hydrogen-bond donors (Lipinski definition) is 0. The van der Waals surface area contributed by atoms with Crippen LogP contribution in [0.5, 0.6) is 17.2 Å². The lowest BCUT2D eigenvalue weighted by atomic mass is 10.1. The molecule has 0 amide bonds. The SMILES string of the molecule is COc1ccc(-n2c(CC(C)C)nc3cc(OC)cc(OC)c3c2=O)cc1. The quantitative estimate of drug-likeness (QED) is 0.665. The van der Waals surface area contributed by atoms with Crippen molar-refractivity contribution >= 4 is 10.9 Å². The van der Waals surface area contributed by atoms with Gasteiger partial charge in [0, 0.05) is 18.6 Å². The predicted molar refractivity (Wildman–Crippen MR) is 106 cm³/mol. The highest BCUT2D eigenvalue weighted by atomic mass is 16.5. The van der Waals surface area contributed by atoms with Gasteiger partial charge in [-0.3, -0.25) is 9.36 Å². The Morgan fingerprint density at radius 2 is 1.63 bits per heavy atom. The van der Waals surface area contributed by atoms with E-state index >= 15 is 0 Å². The van der Waals surface area contributed by atoms with Crippen molar-refractivity contribution in [1.82, 2.24) is 9.55 Å². The van der Waals surface area contributed by atoms with Gasteiger partial charge in [-0.15, -0.1) is 0 Å². The number of nitrogens with zero attached hydrogens (tertiary/aromatic N) is 2. The molecule has 0 fully saturated rings. The van der Waals surface area contributed by atoms with Gasteiger partial charge < -0.3 is 14.2 Å². The van der Waals surface area contributed by atoms with Gasteiger partial charge in [0.25, 0.3) is 5.56 Å². The maximum absolute atomic E-state index is 13.4. The van der Waals surface area contributed by atoms with Gasteiger partial charge in [0.15, 0.2) is 0 Å². The van der Waals surface area contributed by atoms with Gasteiger partial charge in [0.2, 0.25) is 0 Å². The Balaban J connectivity index is 2.35. The third kappa shape index (κ3) is 3.60. The Morgan fingerprint density at radius 1 is 0.963 bits per heavy atom. The lowest BCUT2D eigenvalue weighted by Crippen LogP contribution is -2.25.